The first-order valence-corrected chi connectivity index (χ1v) is 6.29. The largest absolute Gasteiger partial charge is 0.469 e. The van der Waals surface area contributed by atoms with Gasteiger partial charge in [0.2, 0.25) is 0 Å². The predicted octanol–water partition coefficient (Wildman–Crippen LogP) is 2.66. The fourth-order valence-corrected chi connectivity index (χ4v) is 2.27. The second-order valence-corrected chi connectivity index (χ2v) is 4.42. The van der Waals surface area contributed by atoms with Crippen LogP contribution in [0.4, 0.5) is 0 Å². The van der Waals surface area contributed by atoms with E-state index in [2.05, 4.69) is 4.74 Å². The first kappa shape index (κ1) is 14.1. The average molecular weight is 272 g/mol. The van der Waals surface area contributed by atoms with Gasteiger partial charge in [-0.05, 0) is 16.3 Å². The van der Waals surface area contributed by atoms with Crippen molar-refractivity contribution in [2.75, 3.05) is 14.2 Å². The lowest BCUT2D eigenvalue weighted by molar-refractivity contribution is -0.148. The van der Waals surface area contributed by atoms with Gasteiger partial charge in [0.15, 0.2) is 0 Å². The standard InChI is InChI=1S/C16H16O4/c1-19-15(17)10-14(16(18)20-2)13-9-5-7-11-6-3-4-8-12(11)13/h3-9,14H,10H2,1-2H3. The third kappa shape index (κ3) is 2.79. The molecule has 2 aromatic carbocycles. The predicted molar refractivity (Wildman–Crippen MR) is 75.3 cm³/mol. The van der Waals surface area contributed by atoms with Crippen LogP contribution in [0, 0.1) is 0 Å². The molecule has 0 fully saturated rings. The van der Waals surface area contributed by atoms with Crippen molar-refractivity contribution in [1.29, 1.82) is 0 Å². The molecule has 1 atom stereocenters. The smallest absolute Gasteiger partial charge is 0.313 e. The summed E-state index contributed by atoms with van der Waals surface area (Å²) in [5.41, 5.74) is 0.778. The summed E-state index contributed by atoms with van der Waals surface area (Å²) in [4.78, 5) is 23.5. The van der Waals surface area contributed by atoms with E-state index in [1.807, 2.05) is 42.5 Å². The number of ether oxygens (including phenoxy) is 2. The molecule has 0 aromatic heterocycles. The normalized spacial score (nSPS) is 11.9. The topological polar surface area (TPSA) is 52.6 Å². The van der Waals surface area contributed by atoms with E-state index in [4.69, 9.17) is 4.74 Å². The second kappa shape index (κ2) is 6.19. The fourth-order valence-electron chi connectivity index (χ4n) is 2.27. The molecule has 0 saturated heterocycles. The van der Waals surface area contributed by atoms with Crippen LogP contribution < -0.4 is 0 Å². The van der Waals surface area contributed by atoms with Gasteiger partial charge in [0.25, 0.3) is 0 Å². The van der Waals surface area contributed by atoms with Crippen LogP contribution in [0.5, 0.6) is 0 Å². The maximum absolute atomic E-state index is 12.0. The Labute approximate surface area is 117 Å². The molecule has 4 heteroatoms. The monoisotopic (exact) mass is 272 g/mol. The average Bonchev–Trinajstić information content (AvgIpc) is 2.51. The zero-order valence-electron chi connectivity index (χ0n) is 11.5. The number of carbonyl (C=O) groups excluding carboxylic acids is 2. The van der Waals surface area contributed by atoms with Gasteiger partial charge in [-0.1, -0.05) is 42.5 Å². The molecule has 0 aliphatic rings. The van der Waals surface area contributed by atoms with Crippen LogP contribution in [-0.2, 0) is 19.1 Å². The molecule has 20 heavy (non-hydrogen) atoms. The van der Waals surface area contributed by atoms with E-state index < -0.39 is 17.9 Å². The van der Waals surface area contributed by atoms with Gasteiger partial charge in [-0.15, -0.1) is 0 Å². The minimum atomic E-state index is -0.654. The van der Waals surface area contributed by atoms with Gasteiger partial charge in [0.1, 0.15) is 0 Å². The maximum Gasteiger partial charge on any atom is 0.313 e. The van der Waals surface area contributed by atoms with E-state index in [0.29, 0.717) is 0 Å². The summed E-state index contributed by atoms with van der Waals surface area (Å²) >= 11 is 0. The number of hydrogen-bond acceptors (Lipinski definition) is 4. The number of hydrogen-bond donors (Lipinski definition) is 0. The lowest BCUT2D eigenvalue weighted by Crippen LogP contribution is -2.19. The van der Waals surface area contributed by atoms with Crippen molar-refractivity contribution in [1.82, 2.24) is 0 Å². The Kier molecular flexibility index (Phi) is 4.35. The molecular weight excluding hydrogens is 256 g/mol. The van der Waals surface area contributed by atoms with E-state index in [-0.39, 0.29) is 6.42 Å². The van der Waals surface area contributed by atoms with Gasteiger partial charge < -0.3 is 9.47 Å². The van der Waals surface area contributed by atoms with Gasteiger partial charge in [0.05, 0.1) is 26.6 Å². The van der Waals surface area contributed by atoms with Crippen molar-refractivity contribution in [2.24, 2.45) is 0 Å². The third-order valence-electron chi connectivity index (χ3n) is 3.28. The molecule has 2 aromatic rings. The van der Waals surface area contributed by atoms with Gasteiger partial charge in [-0.25, -0.2) is 0 Å². The van der Waals surface area contributed by atoms with Crippen LogP contribution in [0.2, 0.25) is 0 Å². The summed E-state index contributed by atoms with van der Waals surface area (Å²) in [6.45, 7) is 0. The molecule has 0 spiro atoms. The molecule has 0 radical (unpaired) electrons. The molecule has 1 unspecified atom stereocenters. The maximum atomic E-state index is 12.0. The van der Waals surface area contributed by atoms with Crippen molar-refractivity contribution < 1.29 is 19.1 Å². The third-order valence-corrected chi connectivity index (χ3v) is 3.28. The quantitative estimate of drug-likeness (QED) is 0.803. The Hall–Kier alpha value is -2.36. The molecule has 104 valence electrons. The summed E-state index contributed by atoms with van der Waals surface area (Å²) in [7, 11) is 2.62. The van der Waals surface area contributed by atoms with Gasteiger partial charge in [0, 0.05) is 0 Å². The van der Waals surface area contributed by atoms with Crippen LogP contribution in [-0.4, -0.2) is 26.2 Å². The number of fused-ring (bicyclic) bond motifs is 1. The summed E-state index contributed by atoms with van der Waals surface area (Å²) in [5, 5.41) is 1.96. The van der Waals surface area contributed by atoms with E-state index in [1.54, 1.807) is 0 Å². The Bertz CT molecular complexity index is 628. The van der Waals surface area contributed by atoms with Gasteiger partial charge >= 0.3 is 11.9 Å². The second-order valence-electron chi connectivity index (χ2n) is 4.42. The molecule has 0 saturated carbocycles. The molecule has 0 amide bonds. The highest BCUT2D eigenvalue weighted by Crippen LogP contribution is 2.29. The molecule has 0 heterocycles. The van der Waals surface area contributed by atoms with Crippen molar-refractivity contribution in [3.63, 3.8) is 0 Å². The highest BCUT2D eigenvalue weighted by Gasteiger charge is 2.26. The zero-order chi connectivity index (χ0) is 14.5. The first-order valence-electron chi connectivity index (χ1n) is 6.29. The van der Waals surface area contributed by atoms with Crippen molar-refractivity contribution in [3.8, 4) is 0 Å². The van der Waals surface area contributed by atoms with E-state index in [1.165, 1.54) is 14.2 Å². The first-order chi connectivity index (χ1) is 9.67. The molecule has 2 rings (SSSR count). The lowest BCUT2D eigenvalue weighted by Gasteiger charge is -2.16. The Morgan fingerprint density at radius 2 is 1.70 bits per heavy atom. The Balaban J connectivity index is 2.50. The highest BCUT2D eigenvalue weighted by molar-refractivity contribution is 5.93. The number of methoxy groups -OCH3 is 2. The minimum Gasteiger partial charge on any atom is -0.469 e. The summed E-state index contributed by atoms with van der Waals surface area (Å²) in [6.07, 6.45) is -0.0306. The van der Waals surface area contributed by atoms with Crippen LogP contribution in [0.3, 0.4) is 0 Å². The highest BCUT2D eigenvalue weighted by atomic mass is 16.5. The zero-order valence-corrected chi connectivity index (χ0v) is 11.5. The number of benzene rings is 2. The summed E-state index contributed by atoms with van der Waals surface area (Å²) in [5.74, 6) is -1.53. The van der Waals surface area contributed by atoms with E-state index >= 15 is 0 Å². The number of esters is 2. The molecule has 0 aliphatic carbocycles. The van der Waals surface area contributed by atoms with Crippen LogP contribution in [0.1, 0.15) is 17.9 Å². The summed E-state index contributed by atoms with van der Waals surface area (Å²) < 4.78 is 9.48. The molecular formula is C16H16O4. The van der Waals surface area contributed by atoms with Crippen molar-refractivity contribution >= 4 is 22.7 Å². The van der Waals surface area contributed by atoms with Crippen molar-refractivity contribution in [2.45, 2.75) is 12.3 Å². The van der Waals surface area contributed by atoms with Crippen LogP contribution in [0.15, 0.2) is 42.5 Å². The van der Waals surface area contributed by atoms with E-state index in [9.17, 15) is 9.59 Å². The SMILES string of the molecule is COC(=O)CC(C(=O)OC)c1cccc2ccccc12. The van der Waals surface area contributed by atoms with E-state index in [0.717, 1.165) is 16.3 Å². The van der Waals surface area contributed by atoms with Gasteiger partial charge in [-0.2, -0.15) is 0 Å². The minimum absolute atomic E-state index is 0.0306. The Morgan fingerprint density at radius 3 is 2.40 bits per heavy atom. The van der Waals surface area contributed by atoms with Crippen molar-refractivity contribution in [3.05, 3.63) is 48.0 Å². The molecule has 0 N–H and O–H groups in total. The molecule has 0 aliphatic heterocycles. The van der Waals surface area contributed by atoms with Crippen LogP contribution >= 0.6 is 0 Å². The van der Waals surface area contributed by atoms with Crippen LogP contribution in [0.25, 0.3) is 10.8 Å². The Morgan fingerprint density at radius 1 is 1.00 bits per heavy atom. The lowest BCUT2D eigenvalue weighted by atomic mass is 9.91. The molecule has 4 nitrogen and oxygen atoms in total. The fraction of sp³-hybridized carbons (Fsp3) is 0.250. The van der Waals surface area contributed by atoms with Gasteiger partial charge in [-0.3, -0.25) is 9.59 Å². The summed E-state index contributed by atoms with van der Waals surface area (Å²) in [6, 6.07) is 13.4. The molecule has 0 bridgehead atoms. The number of rotatable bonds is 4. The number of carbonyl (C=O) groups is 2.